The predicted molar refractivity (Wildman–Crippen MR) is 105 cm³/mol. The van der Waals surface area contributed by atoms with Gasteiger partial charge in [0.2, 0.25) is 10.0 Å². The van der Waals surface area contributed by atoms with Gasteiger partial charge in [0.15, 0.2) is 0 Å². The first-order chi connectivity index (χ1) is 13.6. The Hall–Kier alpha value is -1.65. The van der Waals surface area contributed by atoms with Gasteiger partial charge < -0.3 is 14.9 Å². The van der Waals surface area contributed by atoms with Crippen LogP contribution in [0, 0.1) is 10.1 Å². The first-order valence-electron chi connectivity index (χ1n) is 7.87. The van der Waals surface area contributed by atoms with Crippen molar-refractivity contribution in [3.05, 3.63) is 27.3 Å². The molecule has 0 radical (unpaired) electrons. The van der Waals surface area contributed by atoms with E-state index in [0.717, 1.165) is 17.8 Å². The topological polar surface area (TPSA) is 171 Å². The molecular formula is C13H17ClN4O8S3. The fourth-order valence-corrected chi connectivity index (χ4v) is 5.20. The molecule has 1 aliphatic heterocycles. The monoisotopic (exact) mass is 488 g/mol. The zero-order valence-corrected chi connectivity index (χ0v) is 17.9. The van der Waals surface area contributed by atoms with Gasteiger partial charge in [0.05, 0.1) is 28.7 Å². The number of sulfonamides is 1. The normalized spacial score (nSPS) is 16.6. The molecule has 1 unspecified atom stereocenters. The quantitative estimate of drug-likeness (QED) is 0.155. The van der Waals surface area contributed by atoms with Crippen LogP contribution in [0.25, 0.3) is 0 Å². The summed E-state index contributed by atoms with van der Waals surface area (Å²) in [6.07, 6.45) is 0.0339. The van der Waals surface area contributed by atoms with Gasteiger partial charge in [0.1, 0.15) is 28.4 Å². The van der Waals surface area contributed by atoms with Crippen molar-refractivity contribution in [3.8, 4) is 0 Å². The van der Waals surface area contributed by atoms with Crippen LogP contribution in [0.4, 0.5) is 5.69 Å². The number of carbonyl (C=O) groups is 1. The summed E-state index contributed by atoms with van der Waals surface area (Å²) in [7, 11) is -5.80. The number of nitrogens with two attached hydrogens (primary N) is 1. The number of anilines is 1. The number of hydrogen-bond donors (Lipinski definition) is 2. The Morgan fingerprint density at radius 3 is 2.86 bits per heavy atom. The molecule has 1 aliphatic rings. The Labute approximate surface area is 177 Å². The Kier molecular flexibility index (Phi) is 8.47. The lowest BCUT2D eigenvalue weighted by Crippen LogP contribution is -2.38. The van der Waals surface area contributed by atoms with Crippen molar-refractivity contribution >= 4 is 56.0 Å². The van der Waals surface area contributed by atoms with Gasteiger partial charge in [0.25, 0.3) is 5.09 Å². The Morgan fingerprint density at radius 1 is 1.48 bits per heavy atom. The van der Waals surface area contributed by atoms with Gasteiger partial charge in [-0.3, -0.25) is 4.79 Å². The maximum Gasteiger partial charge on any atom is 0.306 e. The second kappa shape index (κ2) is 10.4. The highest BCUT2D eigenvalue weighted by Crippen LogP contribution is 2.33. The zero-order chi connectivity index (χ0) is 21.6. The Morgan fingerprint density at radius 2 is 2.21 bits per heavy atom. The molecule has 0 fully saturated rings. The molecule has 3 N–H and O–H groups in total. The van der Waals surface area contributed by atoms with E-state index in [1.54, 1.807) is 0 Å². The summed E-state index contributed by atoms with van der Waals surface area (Å²) in [5.74, 6) is -0.408. The van der Waals surface area contributed by atoms with Crippen molar-refractivity contribution in [2.45, 2.75) is 16.2 Å². The number of nitrogens with one attached hydrogen (secondary N) is 1. The third-order valence-electron chi connectivity index (χ3n) is 3.50. The van der Waals surface area contributed by atoms with Crippen LogP contribution in [-0.2, 0) is 35.4 Å². The van der Waals surface area contributed by atoms with E-state index in [4.69, 9.17) is 21.5 Å². The van der Waals surface area contributed by atoms with Crippen LogP contribution in [0.2, 0.25) is 5.02 Å². The summed E-state index contributed by atoms with van der Waals surface area (Å²) in [5.41, 5.74) is 0.419. The number of fused-ring (bicyclic) bond motifs is 1. The lowest BCUT2D eigenvalue weighted by atomic mass is 10.3. The maximum atomic E-state index is 12.7. The fraction of sp³-hybridized carbons (Fsp3) is 0.462. The molecule has 0 spiro atoms. The molecule has 1 atom stereocenters. The minimum absolute atomic E-state index is 0.0339. The van der Waals surface area contributed by atoms with Gasteiger partial charge in [-0.25, -0.2) is 17.8 Å². The number of primary sulfonamides is 1. The maximum absolute atomic E-state index is 12.7. The number of nitrogens with zero attached hydrogens (tertiary/aromatic N) is 2. The van der Waals surface area contributed by atoms with E-state index < -0.39 is 32.1 Å². The molecule has 0 saturated heterocycles. The van der Waals surface area contributed by atoms with Crippen molar-refractivity contribution in [2.75, 3.05) is 36.8 Å². The molecule has 0 aliphatic carbocycles. The van der Waals surface area contributed by atoms with Crippen LogP contribution < -0.4 is 10.5 Å². The Balaban J connectivity index is 1.85. The molecule has 1 aromatic carbocycles. The first kappa shape index (κ1) is 23.6. The number of halogens is 1. The first-order valence-corrected chi connectivity index (χ1v) is 12.1. The van der Waals surface area contributed by atoms with Crippen LogP contribution >= 0.6 is 23.4 Å². The molecule has 2 rings (SSSR count). The molecule has 16 heteroatoms. The number of rotatable bonds is 10. The molecule has 0 saturated carbocycles. The van der Waals surface area contributed by atoms with Gasteiger partial charge in [-0.05, 0) is 12.1 Å². The Bertz CT molecular complexity index is 914. The zero-order valence-electron chi connectivity index (χ0n) is 14.7. The summed E-state index contributed by atoms with van der Waals surface area (Å²) >= 11 is 6.98. The number of ether oxygens (including phenoxy) is 1. The molecule has 162 valence electrons. The second-order valence-electron chi connectivity index (χ2n) is 5.46. The van der Waals surface area contributed by atoms with E-state index >= 15 is 0 Å². The molecule has 12 nitrogen and oxygen atoms in total. The summed E-state index contributed by atoms with van der Waals surface area (Å²) < 4.78 is 42.4. The summed E-state index contributed by atoms with van der Waals surface area (Å²) in [5, 5.41) is 17.0. The molecule has 1 aromatic rings. The van der Waals surface area contributed by atoms with E-state index in [1.165, 1.54) is 10.4 Å². The van der Waals surface area contributed by atoms with Crippen LogP contribution in [-0.4, -0.2) is 59.5 Å². The number of hydrogen-bond acceptors (Lipinski definition) is 10. The summed E-state index contributed by atoms with van der Waals surface area (Å²) in [4.78, 5) is 25.6. The van der Waals surface area contributed by atoms with E-state index in [0.29, 0.717) is 5.69 Å². The lowest BCUT2D eigenvalue weighted by molar-refractivity contribution is -0.752. The highest BCUT2D eigenvalue weighted by molar-refractivity contribution is 7.99. The molecular weight excluding hydrogens is 472 g/mol. The van der Waals surface area contributed by atoms with Crippen molar-refractivity contribution in [3.63, 3.8) is 0 Å². The molecule has 29 heavy (non-hydrogen) atoms. The van der Waals surface area contributed by atoms with Crippen molar-refractivity contribution in [2.24, 2.45) is 5.14 Å². The van der Waals surface area contributed by atoms with Crippen LogP contribution in [0.3, 0.4) is 0 Å². The number of esters is 1. The smallest absolute Gasteiger partial charge is 0.306 e. The SMILES string of the molecule is NS(=O)(=O)c1cc2c(cc1Cl)NCN(CCOC(=O)CCSCO[N+](=O)[O-])S2=O. The fourth-order valence-electron chi connectivity index (χ4n) is 2.20. The van der Waals surface area contributed by atoms with Crippen LogP contribution in [0.5, 0.6) is 0 Å². The standard InChI is InChI=1S/C13H17ClN4O8S3/c14-9-5-10-11(6-12(9)29(15,23)24)28(22)17(7-16-10)2-3-25-13(19)1-4-27-8-26-18(20)21/h5-6,16H,1-4,7-8H2,(H2,15,23,24). The largest absolute Gasteiger partial charge is 0.464 e. The highest BCUT2D eigenvalue weighted by atomic mass is 35.5. The summed E-state index contributed by atoms with van der Waals surface area (Å²) in [6, 6.07) is 2.49. The van der Waals surface area contributed by atoms with E-state index in [9.17, 15) is 27.5 Å². The second-order valence-corrected chi connectivity index (χ2v) is 9.91. The molecule has 1 heterocycles. The van der Waals surface area contributed by atoms with Crippen molar-refractivity contribution < 1.29 is 32.1 Å². The minimum atomic E-state index is -4.08. The van der Waals surface area contributed by atoms with E-state index in [1.807, 2.05) is 0 Å². The molecule has 0 aromatic heterocycles. The average Bonchev–Trinajstić information content (AvgIpc) is 2.61. The predicted octanol–water partition coefficient (Wildman–Crippen LogP) is 0.527. The van der Waals surface area contributed by atoms with Crippen LogP contribution in [0.1, 0.15) is 6.42 Å². The molecule has 0 amide bonds. The van der Waals surface area contributed by atoms with Gasteiger partial charge >= 0.3 is 5.97 Å². The van der Waals surface area contributed by atoms with Gasteiger partial charge in [-0.1, -0.05) is 11.6 Å². The lowest BCUT2D eigenvalue weighted by Gasteiger charge is -2.28. The minimum Gasteiger partial charge on any atom is -0.464 e. The average molecular weight is 489 g/mol. The van der Waals surface area contributed by atoms with Gasteiger partial charge in [0, 0.05) is 12.3 Å². The van der Waals surface area contributed by atoms with Crippen LogP contribution in [0.15, 0.2) is 21.9 Å². The van der Waals surface area contributed by atoms with Crippen molar-refractivity contribution in [1.82, 2.24) is 4.31 Å². The molecule has 0 bridgehead atoms. The number of carbonyl (C=O) groups excluding carboxylic acids is 1. The van der Waals surface area contributed by atoms with Gasteiger partial charge in [-0.2, -0.15) is 4.31 Å². The third-order valence-corrected chi connectivity index (χ3v) is 7.14. The van der Waals surface area contributed by atoms with Gasteiger partial charge in [-0.15, -0.1) is 21.9 Å². The number of benzene rings is 1. The van der Waals surface area contributed by atoms with E-state index in [-0.39, 0.29) is 52.7 Å². The van der Waals surface area contributed by atoms with E-state index in [2.05, 4.69) is 10.2 Å². The third kappa shape index (κ3) is 6.97. The highest BCUT2D eigenvalue weighted by Gasteiger charge is 2.27. The van der Waals surface area contributed by atoms with Crippen molar-refractivity contribution in [1.29, 1.82) is 0 Å². The summed E-state index contributed by atoms with van der Waals surface area (Å²) in [6.45, 7) is 0.235. The number of thioether (sulfide) groups is 1.